The van der Waals surface area contributed by atoms with Gasteiger partial charge in [0.05, 0.1) is 5.69 Å². The molecule has 1 amide bonds. The minimum atomic E-state index is -0.0868. The van der Waals surface area contributed by atoms with E-state index in [-0.39, 0.29) is 11.7 Å². The molecule has 4 rings (SSSR count). The smallest absolute Gasteiger partial charge is 0.293 e. The van der Waals surface area contributed by atoms with E-state index < -0.39 is 0 Å². The van der Waals surface area contributed by atoms with E-state index in [4.69, 9.17) is 11.6 Å². The molecule has 2 saturated heterocycles. The van der Waals surface area contributed by atoms with Gasteiger partial charge in [0.25, 0.3) is 5.91 Å². The summed E-state index contributed by atoms with van der Waals surface area (Å²) in [5.74, 6) is 0.865. The molecule has 1 atom stereocenters. The van der Waals surface area contributed by atoms with E-state index in [9.17, 15) is 4.79 Å². The molecule has 1 unspecified atom stereocenters. The molecule has 150 valence electrons. The van der Waals surface area contributed by atoms with Crippen molar-refractivity contribution in [3.05, 3.63) is 40.9 Å². The number of hydrogen-bond donors (Lipinski definition) is 0. The highest BCUT2D eigenvalue weighted by molar-refractivity contribution is 6.30. The van der Waals surface area contributed by atoms with Gasteiger partial charge < -0.3 is 9.80 Å². The summed E-state index contributed by atoms with van der Waals surface area (Å²) in [4.78, 5) is 24.2. The summed E-state index contributed by atoms with van der Waals surface area (Å²) >= 11 is 5.96. The lowest BCUT2D eigenvalue weighted by Gasteiger charge is -2.42. The second-order valence-electron chi connectivity index (χ2n) is 7.76. The van der Waals surface area contributed by atoms with Crippen LogP contribution >= 0.6 is 11.6 Å². The molecule has 3 heterocycles. The number of hydrogen-bond acceptors (Lipinski definition) is 5. The van der Waals surface area contributed by atoms with Crippen molar-refractivity contribution in [3.63, 3.8) is 0 Å². The quantitative estimate of drug-likeness (QED) is 0.786. The second kappa shape index (κ2) is 8.19. The van der Waals surface area contributed by atoms with Crippen LogP contribution in [0.25, 0.3) is 5.69 Å². The van der Waals surface area contributed by atoms with Crippen molar-refractivity contribution in [2.45, 2.75) is 25.8 Å². The topological polar surface area (TPSA) is 57.5 Å². The van der Waals surface area contributed by atoms with E-state index in [1.54, 1.807) is 16.8 Å². The van der Waals surface area contributed by atoms with Crippen LogP contribution in [0.15, 0.2) is 24.3 Å². The summed E-state index contributed by atoms with van der Waals surface area (Å²) < 4.78 is 1.69. The number of amides is 1. The molecule has 1 aromatic heterocycles. The summed E-state index contributed by atoms with van der Waals surface area (Å²) in [6.45, 7) is 7.47. The third-order valence-corrected chi connectivity index (χ3v) is 6.00. The average molecular weight is 403 g/mol. The van der Waals surface area contributed by atoms with Gasteiger partial charge in [-0.05, 0) is 57.6 Å². The normalized spacial score (nSPS) is 21.8. The Morgan fingerprint density at radius 3 is 2.50 bits per heavy atom. The Kier molecular flexibility index (Phi) is 5.66. The first-order valence-electron chi connectivity index (χ1n) is 9.93. The van der Waals surface area contributed by atoms with E-state index >= 15 is 0 Å². The van der Waals surface area contributed by atoms with Crippen molar-refractivity contribution in [1.82, 2.24) is 29.5 Å². The Labute approximate surface area is 170 Å². The lowest BCUT2D eigenvalue weighted by atomic mass is 10.0. The molecule has 0 radical (unpaired) electrons. The molecule has 0 spiro atoms. The minimum Gasteiger partial charge on any atom is -0.333 e. The van der Waals surface area contributed by atoms with Crippen LogP contribution in [0.4, 0.5) is 0 Å². The van der Waals surface area contributed by atoms with Crippen LogP contribution in [-0.4, -0.2) is 87.7 Å². The van der Waals surface area contributed by atoms with Gasteiger partial charge in [-0.1, -0.05) is 11.6 Å². The number of piperazine rings is 1. The van der Waals surface area contributed by atoms with E-state index in [1.165, 1.54) is 19.4 Å². The number of likely N-dealkylation sites (tertiary alicyclic amines) is 1. The maximum atomic E-state index is 12.9. The molecule has 0 bridgehead atoms. The highest BCUT2D eigenvalue weighted by Gasteiger charge is 2.30. The minimum absolute atomic E-state index is 0.0868. The lowest BCUT2D eigenvalue weighted by molar-refractivity contribution is 0.0444. The highest BCUT2D eigenvalue weighted by atomic mass is 35.5. The van der Waals surface area contributed by atoms with Gasteiger partial charge in [0, 0.05) is 43.8 Å². The molecule has 2 fully saturated rings. The zero-order chi connectivity index (χ0) is 19.7. The summed E-state index contributed by atoms with van der Waals surface area (Å²) in [5, 5.41) is 5.12. The van der Waals surface area contributed by atoms with Crippen LogP contribution in [0.1, 0.15) is 29.3 Å². The molecule has 0 saturated carbocycles. The predicted molar refractivity (Wildman–Crippen MR) is 109 cm³/mol. The standard InChI is InChI=1S/C20H27ClN6O/c1-15-22-19(23-27(15)17-7-5-16(21)6-8-17)20(28)26-12-10-25(11-13-26)18-4-3-9-24(2)14-18/h5-8,18H,3-4,9-14H2,1-2H3. The Bertz CT molecular complexity index is 828. The molecule has 1 aromatic carbocycles. The van der Waals surface area contributed by atoms with E-state index in [0.29, 0.717) is 16.9 Å². The van der Waals surface area contributed by atoms with E-state index in [1.807, 2.05) is 24.0 Å². The fourth-order valence-electron chi connectivity index (χ4n) is 4.18. The summed E-state index contributed by atoms with van der Waals surface area (Å²) in [6.07, 6.45) is 2.51. The first-order valence-corrected chi connectivity index (χ1v) is 10.3. The van der Waals surface area contributed by atoms with Gasteiger partial charge in [0.2, 0.25) is 5.82 Å². The summed E-state index contributed by atoms with van der Waals surface area (Å²) in [7, 11) is 2.19. The van der Waals surface area contributed by atoms with Gasteiger partial charge >= 0.3 is 0 Å². The SMILES string of the molecule is Cc1nc(C(=O)N2CCN(C3CCCN(C)C3)CC2)nn1-c1ccc(Cl)cc1. The van der Waals surface area contributed by atoms with Crippen LogP contribution in [0.2, 0.25) is 5.02 Å². The maximum Gasteiger partial charge on any atom is 0.293 e. The third-order valence-electron chi connectivity index (χ3n) is 5.75. The summed E-state index contributed by atoms with van der Waals surface area (Å²) in [6, 6.07) is 7.97. The second-order valence-corrected chi connectivity index (χ2v) is 8.19. The number of benzene rings is 1. The number of halogens is 1. The molecular formula is C20H27ClN6O. The highest BCUT2D eigenvalue weighted by Crippen LogP contribution is 2.18. The van der Waals surface area contributed by atoms with E-state index in [0.717, 1.165) is 38.4 Å². The van der Waals surface area contributed by atoms with Crippen LogP contribution in [-0.2, 0) is 0 Å². The molecule has 0 N–H and O–H groups in total. The van der Waals surface area contributed by atoms with Crippen LogP contribution in [0.5, 0.6) is 0 Å². The number of aryl methyl sites for hydroxylation is 1. The van der Waals surface area contributed by atoms with Gasteiger partial charge in [-0.25, -0.2) is 9.67 Å². The fourth-order valence-corrected chi connectivity index (χ4v) is 4.30. The van der Waals surface area contributed by atoms with Crippen molar-refractivity contribution in [3.8, 4) is 5.69 Å². The average Bonchev–Trinajstić information content (AvgIpc) is 3.10. The molecule has 2 aromatic rings. The lowest BCUT2D eigenvalue weighted by Crippen LogP contribution is -2.55. The number of likely N-dealkylation sites (N-methyl/N-ethyl adjacent to an activating group) is 1. The fraction of sp³-hybridized carbons (Fsp3) is 0.550. The van der Waals surface area contributed by atoms with Gasteiger partial charge in [0.15, 0.2) is 0 Å². The van der Waals surface area contributed by atoms with Crippen LogP contribution in [0, 0.1) is 6.92 Å². The number of aromatic nitrogens is 3. The number of rotatable bonds is 3. The third kappa shape index (κ3) is 4.06. The Morgan fingerprint density at radius 1 is 1.11 bits per heavy atom. The zero-order valence-corrected chi connectivity index (χ0v) is 17.3. The zero-order valence-electron chi connectivity index (χ0n) is 16.5. The number of nitrogens with zero attached hydrogens (tertiary/aromatic N) is 6. The molecular weight excluding hydrogens is 376 g/mol. The van der Waals surface area contributed by atoms with Crippen molar-refractivity contribution in [1.29, 1.82) is 0 Å². The molecule has 8 heteroatoms. The first kappa shape index (κ1) is 19.4. The Balaban J connectivity index is 1.40. The van der Waals surface area contributed by atoms with Crippen molar-refractivity contribution >= 4 is 17.5 Å². The first-order chi connectivity index (χ1) is 13.5. The molecule has 2 aliphatic heterocycles. The molecule has 28 heavy (non-hydrogen) atoms. The number of piperidine rings is 1. The predicted octanol–water partition coefficient (Wildman–Crippen LogP) is 2.08. The number of carbonyl (C=O) groups is 1. The Morgan fingerprint density at radius 2 is 1.82 bits per heavy atom. The summed E-state index contributed by atoms with van der Waals surface area (Å²) in [5.41, 5.74) is 0.847. The largest absolute Gasteiger partial charge is 0.333 e. The van der Waals surface area contributed by atoms with Crippen LogP contribution in [0.3, 0.4) is 0 Å². The van der Waals surface area contributed by atoms with Gasteiger partial charge in [0.1, 0.15) is 5.82 Å². The maximum absolute atomic E-state index is 12.9. The number of carbonyl (C=O) groups excluding carboxylic acids is 1. The molecule has 0 aliphatic carbocycles. The molecule has 2 aliphatic rings. The van der Waals surface area contributed by atoms with Crippen molar-refractivity contribution < 1.29 is 4.79 Å². The van der Waals surface area contributed by atoms with Crippen LogP contribution < -0.4 is 0 Å². The van der Waals surface area contributed by atoms with E-state index in [2.05, 4.69) is 26.9 Å². The van der Waals surface area contributed by atoms with Crippen molar-refractivity contribution in [2.24, 2.45) is 0 Å². The molecule has 7 nitrogen and oxygen atoms in total. The van der Waals surface area contributed by atoms with Gasteiger partial charge in [-0.3, -0.25) is 9.69 Å². The van der Waals surface area contributed by atoms with Crippen molar-refractivity contribution in [2.75, 3.05) is 46.3 Å². The Hall–Kier alpha value is -1.96. The van der Waals surface area contributed by atoms with Gasteiger partial charge in [-0.15, -0.1) is 5.10 Å². The van der Waals surface area contributed by atoms with Gasteiger partial charge in [-0.2, -0.15) is 0 Å². The monoisotopic (exact) mass is 402 g/mol.